The Bertz CT molecular complexity index is 1550. The average Bonchev–Trinajstić information content (AvgIpc) is 2.90. The zero-order valence-corrected chi connectivity index (χ0v) is 23.3. The maximum Gasteiger partial charge on any atom is 0.261 e. The molecule has 1 aliphatic heterocycles. The summed E-state index contributed by atoms with van der Waals surface area (Å²) in [6, 6.07) is 14.8. The molecule has 2 N–H and O–H groups in total. The van der Waals surface area contributed by atoms with E-state index in [2.05, 4.69) is 10.0 Å². The van der Waals surface area contributed by atoms with Gasteiger partial charge in [-0.3, -0.25) is 9.52 Å². The lowest BCUT2D eigenvalue weighted by molar-refractivity contribution is 0.102. The van der Waals surface area contributed by atoms with Crippen molar-refractivity contribution in [1.82, 2.24) is 4.31 Å². The van der Waals surface area contributed by atoms with Crippen molar-refractivity contribution >= 4 is 48.9 Å². The van der Waals surface area contributed by atoms with Gasteiger partial charge in [-0.05, 0) is 68.3 Å². The fraction of sp³-hybridized carbons (Fsp3) is 0.269. The zero-order chi connectivity index (χ0) is 27.5. The molecule has 0 aromatic heterocycles. The number of hydrogen-bond donors (Lipinski definition) is 2. The Morgan fingerprint density at radius 3 is 2.16 bits per heavy atom. The predicted octanol–water partition coefficient (Wildman–Crippen LogP) is 4.88. The molecule has 3 aromatic rings. The summed E-state index contributed by atoms with van der Waals surface area (Å²) in [4.78, 5) is 13.1. The van der Waals surface area contributed by atoms with Crippen molar-refractivity contribution in [2.75, 3.05) is 30.2 Å². The molecule has 1 aliphatic rings. The lowest BCUT2D eigenvalue weighted by Gasteiger charge is -2.26. The number of sulfonamides is 2. The Labute approximate surface area is 227 Å². The van der Waals surface area contributed by atoms with Gasteiger partial charge in [0.2, 0.25) is 10.0 Å². The van der Waals surface area contributed by atoms with E-state index >= 15 is 0 Å². The minimum atomic E-state index is -3.88. The van der Waals surface area contributed by atoms with E-state index in [1.165, 1.54) is 59.9 Å². The Morgan fingerprint density at radius 2 is 1.53 bits per heavy atom. The van der Waals surface area contributed by atoms with Crippen molar-refractivity contribution in [3.8, 4) is 5.75 Å². The van der Waals surface area contributed by atoms with Gasteiger partial charge in [-0.25, -0.2) is 16.8 Å². The Morgan fingerprint density at radius 1 is 0.868 bits per heavy atom. The van der Waals surface area contributed by atoms with E-state index in [0.717, 1.165) is 24.8 Å². The number of halogens is 1. The summed E-state index contributed by atoms with van der Waals surface area (Å²) < 4.78 is 60.8. The maximum absolute atomic E-state index is 13.1. The molecule has 3 aromatic carbocycles. The minimum Gasteiger partial charge on any atom is -0.495 e. The van der Waals surface area contributed by atoms with Gasteiger partial charge in [0.25, 0.3) is 15.9 Å². The fourth-order valence-electron chi connectivity index (χ4n) is 4.05. The first-order valence-corrected chi connectivity index (χ1v) is 15.2. The summed E-state index contributed by atoms with van der Waals surface area (Å²) in [5.41, 5.74) is 1.34. The maximum atomic E-state index is 13.1. The van der Waals surface area contributed by atoms with Crippen LogP contribution in [0.15, 0.2) is 70.5 Å². The van der Waals surface area contributed by atoms with Gasteiger partial charge in [0.15, 0.2) is 0 Å². The highest BCUT2D eigenvalue weighted by molar-refractivity contribution is 7.92. The molecule has 12 heteroatoms. The van der Waals surface area contributed by atoms with Crippen LogP contribution in [0.3, 0.4) is 0 Å². The van der Waals surface area contributed by atoms with Crippen LogP contribution in [-0.2, 0) is 20.0 Å². The number of ether oxygens (including phenoxy) is 1. The van der Waals surface area contributed by atoms with Crippen LogP contribution in [0.5, 0.6) is 5.75 Å². The highest BCUT2D eigenvalue weighted by Gasteiger charge is 2.27. The van der Waals surface area contributed by atoms with Gasteiger partial charge in [-0.2, -0.15) is 4.31 Å². The highest BCUT2D eigenvalue weighted by atomic mass is 35.5. The molecule has 4 rings (SSSR count). The number of rotatable bonds is 8. The fourth-order valence-corrected chi connectivity index (χ4v) is 6.96. The Kier molecular flexibility index (Phi) is 8.31. The van der Waals surface area contributed by atoms with Crippen LogP contribution in [0.25, 0.3) is 0 Å². The number of amides is 1. The van der Waals surface area contributed by atoms with Crippen molar-refractivity contribution in [1.29, 1.82) is 0 Å². The summed E-state index contributed by atoms with van der Waals surface area (Å²) in [6.07, 6.45) is 2.60. The van der Waals surface area contributed by atoms with Crippen molar-refractivity contribution < 1.29 is 26.4 Å². The van der Waals surface area contributed by atoms with Crippen molar-refractivity contribution in [2.24, 2.45) is 0 Å². The second kappa shape index (κ2) is 11.3. The Hall–Kier alpha value is -3.12. The van der Waals surface area contributed by atoms with Gasteiger partial charge >= 0.3 is 0 Å². The first-order chi connectivity index (χ1) is 18.0. The summed E-state index contributed by atoms with van der Waals surface area (Å²) in [5.74, 6) is -0.296. The molecule has 0 unspecified atom stereocenters. The molecule has 9 nitrogen and oxygen atoms in total. The first-order valence-electron chi connectivity index (χ1n) is 11.9. The molecule has 1 saturated heterocycles. The van der Waals surface area contributed by atoms with Crippen LogP contribution in [0.1, 0.15) is 35.2 Å². The molecule has 1 fully saturated rings. The third-order valence-corrected chi connectivity index (χ3v) is 9.77. The van der Waals surface area contributed by atoms with E-state index in [4.69, 9.17) is 16.3 Å². The number of methoxy groups -OCH3 is 1. The summed E-state index contributed by atoms with van der Waals surface area (Å²) in [5, 5.41) is 2.69. The first kappa shape index (κ1) is 27.9. The number of nitrogens with zero attached hydrogens (tertiary/aromatic N) is 1. The number of benzene rings is 3. The van der Waals surface area contributed by atoms with Crippen LogP contribution in [0, 0.1) is 6.92 Å². The average molecular weight is 578 g/mol. The summed E-state index contributed by atoms with van der Waals surface area (Å²) in [6.45, 7) is 2.76. The molecule has 1 amide bonds. The van der Waals surface area contributed by atoms with Crippen LogP contribution in [0.2, 0.25) is 5.02 Å². The highest BCUT2D eigenvalue weighted by Crippen LogP contribution is 2.31. The van der Waals surface area contributed by atoms with Crippen LogP contribution in [-0.4, -0.2) is 47.2 Å². The van der Waals surface area contributed by atoms with E-state index in [9.17, 15) is 21.6 Å². The number of carbonyl (C=O) groups is 1. The molecule has 0 bridgehead atoms. The molecular formula is C26H28ClN3O6S2. The third kappa shape index (κ3) is 6.12. The van der Waals surface area contributed by atoms with Gasteiger partial charge in [-0.1, -0.05) is 35.7 Å². The molecule has 1 heterocycles. The predicted molar refractivity (Wildman–Crippen MR) is 147 cm³/mol. The summed E-state index contributed by atoms with van der Waals surface area (Å²) >= 11 is 6.31. The third-order valence-electron chi connectivity index (χ3n) is 6.18. The van der Waals surface area contributed by atoms with Crippen LogP contribution in [0.4, 0.5) is 11.4 Å². The molecule has 0 spiro atoms. The van der Waals surface area contributed by atoms with Gasteiger partial charge in [0, 0.05) is 18.7 Å². The van der Waals surface area contributed by atoms with Gasteiger partial charge in [-0.15, -0.1) is 0 Å². The van der Waals surface area contributed by atoms with E-state index in [-0.39, 0.29) is 37.5 Å². The summed E-state index contributed by atoms with van der Waals surface area (Å²) in [7, 11) is -6.20. The molecule has 0 atom stereocenters. The lowest BCUT2D eigenvalue weighted by Crippen LogP contribution is -2.35. The van der Waals surface area contributed by atoms with Crippen LogP contribution >= 0.6 is 11.6 Å². The zero-order valence-electron chi connectivity index (χ0n) is 20.9. The van der Waals surface area contributed by atoms with E-state index in [1.54, 1.807) is 12.1 Å². The smallest absolute Gasteiger partial charge is 0.261 e. The second-order valence-corrected chi connectivity index (χ2v) is 12.9. The number of carbonyl (C=O) groups excluding carboxylic acids is 1. The van der Waals surface area contributed by atoms with E-state index < -0.39 is 26.0 Å². The van der Waals surface area contributed by atoms with Gasteiger partial charge in [0.1, 0.15) is 5.75 Å². The number of nitrogens with one attached hydrogen (secondary N) is 2. The standard InChI is InChI=1S/C26H28ClN3O6S2/c1-18-6-9-20(10-7-18)37(32,33)29-23-12-8-19(16-22(23)27)26(31)28-24-17-21(11-13-25(24)36-2)38(34,35)30-14-4-3-5-15-30/h6-13,16-17,29H,3-5,14-15H2,1-2H3,(H,28,31). The Balaban J connectivity index is 1.54. The number of aryl methyl sites for hydroxylation is 1. The minimum absolute atomic E-state index is 0.0155. The van der Waals surface area contributed by atoms with Gasteiger partial charge in [0.05, 0.1) is 33.3 Å². The number of piperidine rings is 1. The second-order valence-electron chi connectivity index (χ2n) is 8.89. The molecule has 0 radical (unpaired) electrons. The SMILES string of the molecule is COc1ccc(S(=O)(=O)N2CCCCC2)cc1NC(=O)c1ccc(NS(=O)(=O)c2ccc(C)cc2)c(Cl)c1. The monoisotopic (exact) mass is 577 g/mol. The lowest BCUT2D eigenvalue weighted by atomic mass is 10.2. The molecule has 0 aliphatic carbocycles. The van der Waals surface area contributed by atoms with E-state index in [1.807, 2.05) is 6.92 Å². The van der Waals surface area contributed by atoms with Crippen LogP contribution < -0.4 is 14.8 Å². The van der Waals surface area contributed by atoms with Crippen molar-refractivity contribution in [3.05, 3.63) is 76.8 Å². The topological polar surface area (TPSA) is 122 Å². The van der Waals surface area contributed by atoms with Crippen molar-refractivity contribution in [2.45, 2.75) is 36.0 Å². The quantitative estimate of drug-likeness (QED) is 0.393. The largest absolute Gasteiger partial charge is 0.495 e. The number of anilines is 2. The van der Waals surface area contributed by atoms with Gasteiger partial charge < -0.3 is 10.1 Å². The molecule has 38 heavy (non-hydrogen) atoms. The van der Waals surface area contributed by atoms with Crippen molar-refractivity contribution in [3.63, 3.8) is 0 Å². The molecule has 0 saturated carbocycles. The molecular weight excluding hydrogens is 550 g/mol. The molecule has 202 valence electrons. The normalized spacial score (nSPS) is 14.6. The van der Waals surface area contributed by atoms with E-state index in [0.29, 0.717) is 13.1 Å². The number of hydrogen-bond acceptors (Lipinski definition) is 6.